The van der Waals surface area contributed by atoms with Crippen LogP contribution in [0.4, 0.5) is 11.5 Å². The smallest absolute Gasteiger partial charge is 0.140 e. The molecule has 94 valence electrons. The molecule has 0 saturated carbocycles. The van der Waals surface area contributed by atoms with Gasteiger partial charge in [-0.15, -0.1) is 0 Å². The average Bonchev–Trinajstić information content (AvgIpc) is 2.42. The quantitative estimate of drug-likeness (QED) is 0.657. The number of anilines is 2. The minimum atomic E-state index is 0.607. The van der Waals surface area contributed by atoms with Gasteiger partial charge in [-0.2, -0.15) is 0 Å². The number of nitrogen functional groups attached to an aromatic ring is 1. The summed E-state index contributed by atoms with van der Waals surface area (Å²) in [5.74, 6) is 5.95. The lowest BCUT2D eigenvalue weighted by molar-refractivity contribution is 0.885. The van der Waals surface area contributed by atoms with E-state index in [1.807, 2.05) is 37.4 Å². The van der Waals surface area contributed by atoms with Crippen LogP contribution in [0.15, 0.2) is 42.5 Å². The van der Waals surface area contributed by atoms with E-state index in [-0.39, 0.29) is 0 Å². The number of hydrogen-bond acceptors (Lipinski definition) is 4. The van der Waals surface area contributed by atoms with Crippen LogP contribution in [0.5, 0.6) is 0 Å². The van der Waals surface area contributed by atoms with Crippen LogP contribution < -0.4 is 16.2 Å². The summed E-state index contributed by atoms with van der Waals surface area (Å²) in [6, 6.07) is 13.6. The third-order valence-electron chi connectivity index (χ3n) is 2.65. The first-order chi connectivity index (χ1) is 8.70. The van der Waals surface area contributed by atoms with Crippen molar-refractivity contribution in [1.29, 1.82) is 0 Å². The van der Waals surface area contributed by atoms with E-state index in [0.29, 0.717) is 17.4 Å². The number of hydrazine groups is 1. The van der Waals surface area contributed by atoms with E-state index in [2.05, 4.69) is 15.3 Å². The first-order valence-corrected chi connectivity index (χ1v) is 5.96. The van der Waals surface area contributed by atoms with Crippen LogP contribution in [0, 0.1) is 0 Å². The van der Waals surface area contributed by atoms with Gasteiger partial charge in [-0.25, -0.2) is 10.8 Å². The second-order valence-electron chi connectivity index (χ2n) is 3.96. The Morgan fingerprint density at radius 2 is 1.94 bits per heavy atom. The Morgan fingerprint density at radius 1 is 1.22 bits per heavy atom. The van der Waals surface area contributed by atoms with Crippen LogP contribution in [0.3, 0.4) is 0 Å². The van der Waals surface area contributed by atoms with Crippen LogP contribution >= 0.6 is 11.6 Å². The molecule has 0 aliphatic heterocycles. The minimum absolute atomic E-state index is 0.607. The van der Waals surface area contributed by atoms with Crippen molar-refractivity contribution in [1.82, 2.24) is 4.98 Å². The van der Waals surface area contributed by atoms with Gasteiger partial charge >= 0.3 is 0 Å². The Balaban J connectivity index is 2.18. The number of benzene rings is 1. The highest BCUT2D eigenvalue weighted by Crippen LogP contribution is 2.20. The van der Waals surface area contributed by atoms with Gasteiger partial charge in [-0.05, 0) is 24.3 Å². The molecule has 0 amide bonds. The van der Waals surface area contributed by atoms with Crippen LogP contribution in [-0.4, -0.2) is 12.0 Å². The minimum Gasteiger partial charge on any atom is -0.369 e. The summed E-state index contributed by atoms with van der Waals surface area (Å²) in [4.78, 5) is 6.42. The van der Waals surface area contributed by atoms with Crippen molar-refractivity contribution in [2.45, 2.75) is 6.54 Å². The molecule has 0 radical (unpaired) electrons. The van der Waals surface area contributed by atoms with E-state index in [0.717, 1.165) is 11.4 Å². The summed E-state index contributed by atoms with van der Waals surface area (Å²) >= 11 is 6.13. The van der Waals surface area contributed by atoms with Gasteiger partial charge < -0.3 is 10.3 Å². The van der Waals surface area contributed by atoms with Gasteiger partial charge in [0.05, 0.1) is 17.3 Å². The molecule has 4 nitrogen and oxygen atoms in total. The summed E-state index contributed by atoms with van der Waals surface area (Å²) in [7, 11) is 2.00. The molecule has 3 N–H and O–H groups in total. The Kier molecular flexibility index (Phi) is 4.02. The summed E-state index contributed by atoms with van der Waals surface area (Å²) in [5, 5.41) is 0.636. The predicted molar refractivity (Wildman–Crippen MR) is 75.6 cm³/mol. The normalized spacial score (nSPS) is 10.2. The van der Waals surface area contributed by atoms with Crippen molar-refractivity contribution in [3.63, 3.8) is 0 Å². The van der Waals surface area contributed by atoms with Gasteiger partial charge in [0.2, 0.25) is 0 Å². The maximum absolute atomic E-state index is 6.13. The van der Waals surface area contributed by atoms with Crippen LogP contribution in [-0.2, 0) is 6.54 Å². The van der Waals surface area contributed by atoms with Gasteiger partial charge in [0.15, 0.2) is 0 Å². The molecule has 0 saturated heterocycles. The monoisotopic (exact) mass is 262 g/mol. The number of rotatable bonds is 4. The number of aromatic nitrogens is 1. The molecule has 0 aliphatic carbocycles. The van der Waals surface area contributed by atoms with E-state index in [4.69, 9.17) is 17.4 Å². The summed E-state index contributed by atoms with van der Waals surface area (Å²) in [5.41, 5.74) is 4.42. The number of halogens is 1. The molecule has 5 heteroatoms. The molecule has 0 bridgehead atoms. The van der Waals surface area contributed by atoms with Gasteiger partial charge in [0, 0.05) is 12.7 Å². The number of nitrogens with one attached hydrogen (secondary N) is 1. The van der Waals surface area contributed by atoms with Gasteiger partial charge in [0.1, 0.15) is 5.82 Å². The van der Waals surface area contributed by atoms with Crippen molar-refractivity contribution in [3.05, 3.63) is 53.2 Å². The molecule has 0 fully saturated rings. The molecule has 0 aliphatic rings. The molecular formula is C13H15ClN4. The second kappa shape index (κ2) is 5.71. The third kappa shape index (κ3) is 2.91. The van der Waals surface area contributed by atoms with E-state index >= 15 is 0 Å². The van der Waals surface area contributed by atoms with E-state index in [1.54, 1.807) is 12.1 Å². The van der Waals surface area contributed by atoms with E-state index < -0.39 is 0 Å². The zero-order chi connectivity index (χ0) is 13.0. The molecule has 0 unspecified atom stereocenters. The van der Waals surface area contributed by atoms with Crippen molar-refractivity contribution in [2.75, 3.05) is 17.4 Å². The number of para-hydroxylation sites is 1. The van der Waals surface area contributed by atoms with Crippen LogP contribution in [0.1, 0.15) is 5.69 Å². The molecule has 2 rings (SSSR count). The van der Waals surface area contributed by atoms with Gasteiger partial charge in [-0.3, -0.25) is 0 Å². The summed E-state index contributed by atoms with van der Waals surface area (Å²) in [6.45, 7) is 0.623. The number of hydrogen-bond donors (Lipinski definition) is 2. The number of pyridine rings is 1. The zero-order valence-corrected chi connectivity index (χ0v) is 10.9. The standard InChI is InChI=1S/C13H15ClN4/c1-18(10-5-3-2-4-6-10)9-12-11(14)7-8-13(16-12)17-15/h2-8H,9,15H2,1H3,(H,16,17). The largest absolute Gasteiger partial charge is 0.369 e. The lowest BCUT2D eigenvalue weighted by atomic mass is 10.2. The molecule has 0 atom stereocenters. The Hall–Kier alpha value is -1.78. The Morgan fingerprint density at radius 3 is 2.61 bits per heavy atom. The van der Waals surface area contributed by atoms with Crippen molar-refractivity contribution >= 4 is 23.1 Å². The van der Waals surface area contributed by atoms with E-state index in [9.17, 15) is 0 Å². The van der Waals surface area contributed by atoms with Crippen molar-refractivity contribution in [2.24, 2.45) is 5.84 Å². The predicted octanol–water partition coefficient (Wildman–Crippen LogP) is 2.66. The first kappa shape index (κ1) is 12.7. The molecule has 18 heavy (non-hydrogen) atoms. The third-order valence-corrected chi connectivity index (χ3v) is 2.99. The highest BCUT2D eigenvalue weighted by atomic mass is 35.5. The van der Waals surface area contributed by atoms with E-state index in [1.165, 1.54) is 0 Å². The van der Waals surface area contributed by atoms with Crippen molar-refractivity contribution < 1.29 is 0 Å². The Bertz CT molecular complexity index is 516. The zero-order valence-electron chi connectivity index (χ0n) is 10.1. The first-order valence-electron chi connectivity index (χ1n) is 5.59. The fourth-order valence-corrected chi connectivity index (χ4v) is 1.84. The molecule has 1 aromatic carbocycles. The second-order valence-corrected chi connectivity index (χ2v) is 4.37. The fourth-order valence-electron chi connectivity index (χ4n) is 1.67. The summed E-state index contributed by atoms with van der Waals surface area (Å²) < 4.78 is 0. The fraction of sp³-hybridized carbons (Fsp3) is 0.154. The molecule has 2 aromatic rings. The lowest BCUT2D eigenvalue weighted by Gasteiger charge is -2.19. The maximum Gasteiger partial charge on any atom is 0.140 e. The SMILES string of the molecule is CN(Cc1nc(NN)ccc1Cl)c1ccccc1. The van der Waals surface area contributed by atoms with Crippen LogP contribution in [0.25, 0.3) is 0 Å². The number of nitrogens with zero attached hydrogens (tertiary/aromatic N) is 2. The van der Waals surface area contributed by atoms with Gasteiger partial charge in [-0.1, -0.05) is 29.8 Å². The lowest BCUT2D eigenvalue weighted by Crippen LogP contribution is -2.18. The molecule has 1 aromatic heterocycles. The van der Waals surface area contributed by atoms with Crippen LogP contribution in [0.2, 0.25) is 5.02 Å². The van der Waals surface area contributed by atoms with Crippen molar-refractivity contribution in [3.8, 4) is 0 Å². The molecule has 0 spiro atoms. The average molecular weight is 263 g/mol. The highest BCUT2D eigenvalue weighted by Gasteiger charge is 2.07. The Labute approximate surface area is 111 Å². The topological polar surface area (TPSA) is 54.2 Å². The molecule has 1 heterocycles. The summed E-state index contributed by atoms with van der Waals surface area (Å²) in [6.07, 6.45) is 0. The molecular weight excluding hydrogens is 248 g/mol. The highest BCUT2D eigenvalue weighted by molar-refractivity contribution is 6.31. The number of nitrogens with two attached hydrogens (primary N) is 1. The van der Waals surface area contributed by atoms with Gasteiger partial charge in [0.25, 0.3) is 0 Å². The maximum atomic E-state index is 6.13.